The first-order chi connectivity index (χ1) is 7.38. The minimum absolute atomic E-state index is 0.797. The summed E-state index contributed by atoms with van der Waals surface area (Å²) >= 11 is 2.12. The van der Waals surface area contributed by atoms with Crippen LogP contribution in [0.3, 0.4) is 0 Å². The number of rotatable bonds is 8. The first-order valence-corrected chi connectivity index (χ1v) is 7.79. The van der Waals surface area contributed by atoms with Gasteiger partial charge in [-0.05, 0) is 25.1 Å². The van der Waals surface area contributed by atoms with Gasteiger partial charge >= 0.3 is 0 Å². The van der Waals surface area contributed by atoms with Crippen LogP contribution in [0.2, 0.25) is 0 Å². The third-order valence-electron chi connectivity index (χ3n) is 3.50. The Kier molecular flexibility index (Phi) is 7.54. The van der Waals surface area contributed by atoms with Crippen molar-refractivity contribution in [3.05, 3.63) is 0 Å². The normalized spacial score (nSPS) is 26.0. The Balaban J connectivity index is 1.95. The van der Waals surface area contributed by atoms with E-state index >= 15 is 0 Å². The molecule has 15 heavy (non-hydrogen) atoms. The van der Waals surface area contributed by atoms with Gasteiger partial charge in [0.25, 0.3) is 0 Å². The molecule has 0 aromatic carbocycles. The molecule has 1 fully saturated rings. The fourth-order valence-corrected chi connectivity index (χ4v) is 3.92. The van der Waals surface area contributed by atoms with Crippen molar-refractivity contribution in [1.82, 2.24) is 5.32 Å². The SMILES string of the molecule is CCCCCCCCC1CSCC1NC. The van der Waals surface area contributed by atoms with Crippen LogP contribution in [0, 0.1) is 5.92 Å². The molecule has 1 N–H and O–H groups in total. The maximum atomic E-state index is 3.45. The van der Waals surface area contributed by atoms with Crippen molar-refractivity contribution in [2.45, 2.75) is 57.9 Å². The third kappa shape index (κ3) is 5.26. The van der Waals surface area contributed by atoms with Crippen LogP contribution in [0.4, 0.5) is 0 Å². The lowest BCUT2D eigenvalue weighted by Crippen LogP contribution is -2.32. The van der Waals surface area contributed by atoms with E-state index in [1.165, 1.54) is 56.5 Å². The van der Waals surface area contributed by atoms with Gasteiger partial charge < -0.3 is 5.32 Å². The van der Waals surface area contributed by atoms with Crippen LogP contribution in [-0.4, -0.2) is 24.6 Å². The molecular weight excluding hydrogens is 202 g/mol. The standard InChI is InChI=1S/C13H27NS/c1-3-4-5-6-7-8-9-12-10-15-11-13(12)14-2/h12-14H,3-11H2,1-2H3. The van der Waals surface area contributed by atoms with Crippen LogP contribution in [0.1, 0.15) is 51.9 Å². The van der Waals surface area contributed by atoms with Crippen molar-refractivity contribution < 1.29 is 0 Å². The molecule has 0 saturated carbocycles. The van der Waals surface area contributed by atoms with E-state index in [9.17, 15) is 0 Å². The third-order valence-corrected chi connectivity index (χ3v) is 4.76. The molecule has 1 heterocycles. The van der Waals surface area contributed by atoms with Gasteiger partial charge in [-0.15, -0.1) is 0 Å². The summed E-state index contributed by atoms with van der Waals surface area (Å²) in [7, 11) is 2.12. The molecule has 1 nitrogen and oxygen atoms in total. The topological polar surface area (TPSA) is 12.0 Å². The molecule has 90 valence electrons. The molecule has 1 aliphatic rings. The van der Waals surface area contributed by atoms with Gasteiger partial charge in [-0.2, -0.15) is 11.8 Å². The summed E-state index contributed by atoms with van der Waals surface area (Å²) in [6.45, 7) is 2.28. The zero-order valence-electron chi connectivity index (χ0n) is 10.4. The highest BCUT2D eigenvalue weighted by atomic mass is 32.2. The minimum Gasteiger partial charge on any atom is -0.316 e. The van der Waals surface area contributed by atoms with E-state index in [4.69, 9.17) is 0 Å². The highest BCUT2D eigenvalue weighted by Gasteiger charge is 2.25. The highest BCUT2D eigenvalue weighted by molar-refractivity contribution is 7.99. The first-order valence-electron chi connectivity index (χ1n) is 6.63. The predicted octanol–water partition coefficient (Wildman–Crippen LogP) is 3.69. The quantitative estimate of drug-likeness (QED) is 0.637. The summed E-state index contributed by atoms with van der Waals surface area (Å²) in [6.07, 6.45) is 10.1. The van der Waals surface area contributed by atoms with Crippen LogP contribution in [0.5, 0.6) is 0 Å². The molecule has 0 amide bonds. The van der Waals surface area contributed by atoms with Gasteiger partial charge in [0.15, 0.2) is 0 Å². The average Bonchev–Trinajstić information content (AvgIpc) is 2.70. The molecule has 0 spiro atoms. The molecule has 0 aromatic heterocycles. The number of nitrogens with one attached hydrogen (secondary N) is 1. The van der Waals surface area contributed by atoms with Crippen molar-refractivity contribution in [3.8, 4) is 0 Å². The Hall–Kier alpha value is 0.310. The van der Waals surface area contributed by atoms with Crippen LogP contribution in [0.15, 0.2) is 0 Å². The van der Waals surface area contributed by atoms with Gasteiger partial charge in [-0.3, -0.25) is 0 Å². The van der Waals surface area contributed by atoms with E-state index < -0.39 is 0 Å². The molecule has 2 heteroatoms. The number of hydrogen-bond acceptors (Lipinski definition) is 2. The second-order valence-corrected chi connectivity index (χ2v) is 5.82. The number of hydrogen-bond donors (Lipinski definition) is 1. The predicted molar refractivity (Wildman–Crippen MR) is 71.7 cm³/mol. The first kappa shape index (κ1) is 13.4. The van der Waals surface area contributed by atoms with Gasteiger partial charge in [0, 0.05) is 11.8 Å². The molecule has 2 atom stereocenters. The monoisotopic (exact) mass is 229 g/mol. The zero-order chi connectivity index (χ0) is 10.9. The van der Waals surface area contributed by atoms with E-state index in [0.717, 1.165) is 12.0 Å². The summed E-state index contributed by atoms with van der Waals surface area (Å²) in [4.78, 5) is 0. The Morgan fingerprint density at radius 1 is 1.07 bits per heavy atom. The zero-order valence-corrected chi connectivity index (χ0v) is 11.2. The fourth-order valence-electron chi connectivity index (χ4n) is 2.39. The molecule has 0 aromatic rings. The van der Waals surface area contributed by atoms with Gasteiger partial charge in [-0.25, -0.2) is 0 Å². The van der Waals surface area contributed by atoms with Gasteiger partial charge in [0.1, 0.15) is 0 Å². The van der Waals surface area contributed by atoms with Gasteiger partial charge in [-0.1, -0.05) is 45.4 Å². The Bertz CT molecular complexity index is 149. The average molecular weight is 229 g/mol. The van der Waals surface area contributed by atoms with E-state index in [1.807, 2.05) is 0 Å². The van der Waals surface area contributed by atoms with Crippen molar-refractivity contribution in [1.29, 1.82) is 0 Å². The second kappa shape index (κ2) is 8.46. The van der Waals surface area contributed by atoms with Crippen LogP contribution < -0.4 is 5.32 Å². The number of unbranched alkanes of at least 4 members (excludes halogenated alkanes) is 5. The van der Waals surface area contributed by atoms with E-state index in [-0.39, 0.29) is 0 Å². The Morgan fingerprint density at radius 3 is 2.53 bits per heavy atom. The van der Waals surface area contributed by atoms with Crippen LogP contribution in [-0.2, 0) is 0 Å². The largest absolute Gasteiger partial charge is 0.316 e. The Labute approximate surface area is 99.8 Å². The lowest BCUT2D eigenvalue weighted by Gasteiger charge is -2.17. The highest BCUT2D eigenvalue weighted by Crippen LogP contribution is 2.28. The van der Waals surface area contributed by atoms with E-state index in [0.29, 0.717) is 0 Å². The molecule has 0 aliphatic carbocycles. The summed E-state index contributed by atoms with van der Waals surface area (Å²) in [5.41, 5.74) is 0. The lowest BCUT2D eigenvalue weighted by atomic mass is 9.96. The van der Waals surface area contributed by atoms with E-state index in [1.54, 1.807) is 0 Å². The van der Waals surface area contributed by atoms with Gasteiger partial charge in [0.2, 0.25) is 0 Å². The molecule has 0 radical (unpaired) electrons. The molecule has 1 rings (SSSR count). The van der Waals surface area contributed by atoms with Gasteiger partial charge in [0.05, 0.1) is 0 Å². The van der Waals surface area contributed by atoms with Crippen LogP contribution >= 0.6 is 11.8 Å². The maximum Gasteiger partial charge on any atom is 0.0191 e. The lowest BCUT2D eigenvalue weighted by molar-refractivity contribution is 0.408. The molecule has 1 aliphatic heterocycles. The summed E-state index contributed by atoms with van der Waals surface area (Å²) < 4.78 is 0. The summed E-state index contributed by atoms with van der Waals surface area (Å²) in [5, 5.41) is 3.45. The second-order valence-electron chi connectivity index (χ2n) is 4.75. The molecule has 0 bridgehead atoms. The minimum atomic E-state index is 0.797. The van der Waals surface area contributed by atoms with E-state index in [2.05, 4.69) is 31.1 Å². The fraction of sp³-hybridized carbons (Fsp3) is 1.00. The van der Waals surface area contributed by atoms with Crippen molar-refractivity contribution in [3.63, 3.8) is 0 Å². The van der Waals surface area contributed by atoms with Crippen LogP contribution in [0.25, 0.3) is 0 Å². The van der Waals surface area contributed by atoms with Crippen molar-refractivity contribution in [2.75, 3.05) is 18.6 Å². The number of thioether (sulfide) groups is 1. The molecular formula is C13H27NS. The molecule has 1 saturated heterocycles. The smallest absolute Gasteiger partial charge is 0.0191 e. The van der Waals surface area contributed by atoms with Crippen molar-refractivity contribution in [2.24, 2.45) is 5.92 Å². The van der Waals surface area contributed by atoms with Crippen molar-refractivity contribution >= 4 is 11.8 Å². The summed E-state index contributed by atoms with van der Waals surface area (Å²) in [5.74, 6) is 3.67. The summed E-state index contributed by atoms with van der Waals surface area (Å²) in [6, 6.07) is 0.797. The molecule has 2 unspecified atom stereocenters. The maximum absolute atomic E-state index is 3.45. The Morgan fingerprint density at radius 2 is 1.80 bits per heavy atom.